The molecule has 38 heavy (non-hydrogen) atoms. The summed E-state index contributed by atoms with van der Waals surface area (Å²) in [6.45, 7) is 0.00771. The Balaban J connectivity index is 1.23. The normalized spacial score (nSPS) is 26.2. The fourth-order valence-corrected chi connectivity index (χ4v) is 7.50. The number of thioether (sulfide) groups is 1. The van der Waals surface area contributed by atoms with Gasteiger partial charge in [-0.3, -0.25) is 9.48 Å². The summed E-state index contributed by atoms with van der Waals surface area (Å²) in [6.07, 6.45) is 12.2. The minimum absolute atomic E-state index is 0.00771. The van der Waals surface area contributed by atoms with E-state index < -0.39 is 5.51 Å². The number of pyridine rings is 1. The van der Waals surface area contributed by atoms with Crippen molar-refractivity contribution in [3.8, 4) is 11.8 Å². The summed E-state index contributed by atoms with van der Waals surface area (Å²) in [5.41, 5.74) is -2.26. The van der Waals surface area contributed by atoms with Gasteiger partial charge in [-0.15, -0.1) is 0 Å². The largest absolute Gasteiger partial charge is 0.447 e. The van der Waals surface area contributed by atoms with E-state index in [9.17, 15) is 18.0 Å². The van der Waals surface area contributed by atoms with Gasteiger partial charge in [0.2, 0.25) is 0 Å². The Kier molecular flexibility index (Phi) is 6.58. The molecular formula is C28H30F3N5OS. The minimum Gasteiger partial charge on any atom is -0.381 e. The number of aromatic nitrogens is 3. The van der Waals surface area contributed by atoms with Crippen LogP contribution in [0.1, 0.15) is 54.4 Å². The van der Waals surface area contributed by atoms with Gasteiger partial charge < -0.3 is 15.0 Å². The van der Waals surface area contributed by atoms with Crippen molar-refractivity contribution < 1.29 is 18.0 Å². The maximum atomic E-state index is 13.5. The number of carbonyl (C=O) groups excluding carboxylic acids is 1. The first kappa shape index (κ1) is 25.2. The van der Waals surface area contributed by atoms with Gasteiger partial charge in [0.05, 0.1) is 35.1 Å². The number of rotatable bonds is 5. The van der Waals surface area contributed by atoms with Crippen LogP contribution in [0.4, 0.5) is 18.9 Å². The van der Waals surface area contributed by atoms with E-state index >= 15 is 0 Å². The van der Waals surface area contributed by atoms with Crippen LogP contribution in [0.2, 0.25) is 0 Å². The van der Waals surface area contributed by atoms with Crippen LogP contribution in [0.15, 0.2) is 41.8 Å². The average molecular weight is 542 g/mol. The lowest BCUT2D eigenvalue weighted by atomic mass is 9.64. The van der Waals surface area contributed by atoms with Crippen LogP contribution in [-0.2, 0) is 7.05 Å². The molecule has 10 heteroatoms. The quantitative estimate of drug-likeness (QED) is 0.322. The van der Waals surface area contributed by atoms with Crippen molar-refractivity contribution in [2.75, 3.05) is 11.9 Å². The van der Waals surface area contributed by atoms with Gasteiger partial charge in [0.25, 0.3) is 5.91 Å². The number of carbonyl (C=O) groups is 1. The number of anilines is 1. The molecule has 3 saturated carbocycles. The maximum Gasteiger partial charge on any atom is 0.447 e. The fraction of sp³-hybridized carbons (Fsp3) is 0.500. The second-order valence-electron chi connectivity index (χ2n) is 10.9. The number of fused-ring (bicyclic) bond motifs is 2. The Labute approximate surface area is 223 Å². The highest BCUT2D eigenvalue weighted by molar-refractivity contribution is 8.00. The Morgan fingerprint density at radius 1 is 1.21 bits per heavy atom. The molecule has 3 aromatic heterocycles. The molecule has 0 spiro atoms. The molecule has 3 aliphatic rings. The van der Waals surface area contributed by atoms with Gasteiger partial charge in [0.15, 0.2) is 0 Å². The highest BCUT2D eigenvalue weighted by Crippen LogP contribution is 2.57. The third kappa shape index (κ3) is 5.13. The number of aryl methyl sites for hydroxylation is 1. The van der Waals surface area contributed by atoms with E-state index in [1.165, 1.54) is 36.6 Å². The highest BCUT2D eigenvalue weighted by Gasteiger charge is 2.48. The summed E-state index contributed by atoms with van der Waals surface area (Å²) >= 11 is -0.162. The Morgan fingerprint density at radius 2 is 2.08 bits per heavy atom. The molecule has 1 amide bonds. The standard InChI is InChI=1S/C28H30F3N5OS/c1-35-16-21(15-33-35)26(37)32-8-2-4-19-14-25-24(5-3-9-36(25)27(19)38-28(29,30)31)34-22-7-6-18-13-20-10-17(11-22)12-23(18)20/h3,5,9,14-18,20,22-23,34H,6-8,10-13H2,1H3,(H,32,37)/t17-,18+,20?,22+,23?/m0/s1. The molecule has 0 saturated heterocycles. The molecule has 6 nitrogen and oxygen atoms in total. The molecule has 2 bridgehead atoms. The molecular weight excluding hydrogens is 511 g/mol. The lowest BCUT2D eigenvalue weighted by Crippen LogP contribution is -2.34. The van der Waals surface area contributed by atoms with Crippen molar-refractivity contribution in [2.24, 2.45) is 30.7 Å². The number of hydrogen-bond donors (Lipinski definition) is 2. The van der Waals surface area contributed by atoms with Crippen LogP contribution in [0.3, 0.4) is 0 Å². The van der Waals surface area contributed by atoms with E-state index in [1.54, 1.807) is 36.0 Å². The average Bonchev–Trinajstić information content (AvgIpc) is 3.54. The second kappa shape index (κ2) is 9.92. The van der Waals surface area contributed by atoms with Crippen LogP contribution in [0, 0.1) is 35.5 Å². The van der Waals surface area contributed by atoms with Gasteiger partial charge in [0.1, 0.15) is 5.03 Å². The first-order chi connectivity index (χ1) is 18.2. The van der Waals surface area contributed by atoms with Gasteiger partial charge in [0, 0.05) is 37.2 Å². The Bertz CT molecular complexity index is 1420. The topological polar surface area (TPSA) is 63.4 Å². The predicted octanol–water partition coefficient (Wildman–Crippen LogP) is 5.69. The third-order valence-electron chi connectivity index (χ3n) is 8.43. The van der Waals surface area contributed by atoms with Gasteiger partial charge >= 0.3 is 5.51 Å². The van der Waals surface area contributed by atoms with Crippen LogP contribution in [-0.4, -0.2) is 38.2 Å². The Morgan fingerprint density at radius 3 is 2.87 bits per heavy atom. The number of nitrogens with zero attached hydrogens (tertiary/aromatic N) is 3. The molecule has 0 aromatic carbocycles. The summed E-state index contributed by atoms with van der Waals surface area (Å²) in [6, 6.07) is 5.76. The van der Waals surface area contributed by atoms with Crippen molar-refractivity contribution >= 4 is 28.9 Å². The fourth-order valence-electron chi connectivity index (χ4n) is 6.81. The van der Waals surface area contributed by atoms with E-state index in [0.29, 0.717) is 17.1 Å². The van der Waals surface area contributed by atoms with Crippen molar-refractivity contribution in [3.63, 3.8) is 0 Å². The monoisotopic (exact) mass is 541 g/mol. The number of nitrogens with one attached hydrogen (secondary N) is 2. The van der Waals surface area contributed by atoms with Crippen molar-refractivity contribution in [3.05, 3.63) is 47.9 Å². The third-order valence-corrected chi connectivity index (χ3v) is 9.27. The predicted molar refractivity (Wildman–Crippen MR) is 141 cm³/mol. The molecule has 5 atom stereocenters. The van der Waals surface area contributed by atoms with E-state index in [1.807, 2.05) is 6.07 Å². The second-order valence-corrected chi connectivity index (χ2v) is 11.9. The van der Waals surface area contributed by atoms with Crippen LogP contribution in [0.25, 0.3) is 5.52 Å². The molecule has 2 N–H and O–H groups in total. The van der Waals surface area contributed by atoms with Gasteiger partial charge in [-0.2, -0.15) is 18.3 Å². The van der Waals surface area contributed by atoms with E-state index in [4.69, 9.17) is 0 Å². The molecule has 3 fully saturated rings. The summed E-state index contributed by atoms with van der Waals surface area (Å²) < 4.78 is 43.6. The molecule has 2 unspecified atom stereocenters. The van der Waals surface area contributed by atoms with Crippen LogP contribution < -0.4 is 10.6 Å². The molecule has 6 rings (SSSR count). The van der Waals surface area contributed by atoms with Crippen molar-refractivity contribution in [1.29, 1.82) is 0 Å². The first-order valence-electron chi connectivity index (χ1n) is 13.2. The maximum absolute atomic E-state index is 13.5. The molecule has 200 valence electrons. The molecule has 0 radical (unpaired) electrons. The van der Waals surface area contributed by atoms with Gasteiger partial charge in [-0.1, -0.05) is 11.8 Å². The summed E-state index contributed by atoms with van der Waals surface area (Å²) in [5, 5.41) is 10.4. The zero-order valence-corrected chi connectivity index (χ0v) is 21.9. The smallest absolute Gasteiger partial charge is 0.381 e. The zero-order chi connectivity index (χ0) is 26.4. The molecule has 3 aromatic rings. The summed E-state index contributed by atoms with van der Waals surface area (Å²) in [5.74, 6) is 8.81. The van der Waals surface area contributed by atoms with Gasteiger partial charge in [-0.25, -0.2) is 0 Å². The van der Waals surface area contributed by atoms with Crippen molar-refractivity contribution in [2.45, 2.75) is 55.1 Å². The molecule has 3 heterocycles. The number of hydrogen-bond acceptors (Lipinski definition) is 4. The van der Waals surface area contributed by atoms with Crippen molar-refractivity contribution in [1.82, 2.24) is 19.5 Å². The van der Waals surface area contributed by atoms with Crippen LogP contribution in [0.5, 0.6) is 0 Å². The number of alkyl halides is 3. The van der Waals surface area contributed by atoms with Gasteiger partial charge in [-0.05, 0) is 80.4 Å². The SMILES string of the molecule is Cn1cc(C(=O)NCC#Cc2cc3c(N[C@@H]4CC[C@@H]5CC6C[C@H](CC65)C4)cccn3c2SC(F)(F)F)cn1. The van der Waals surface area contributed by atoms with E-state index in [2.05, 4.69) is 27.6 Å². The summed E-state index contributed by atoms with van der Waals surface area (Å²) in [4.78, 5) is 12.2. The van der Waals surface area contributed by atoms with E-state index in [0.717, 1.165) is 42.2 Å². The number of amides is 1. The Hall–Kier alpha value is -3.06. The lowest BCUT2D eigenvalue weighted by molar-refractivity contribution is -0.0329. The highest BCUT2D eigenvalue weighted by atomic mass is 32.2. The van der Waals surface area contributed by atoms with E-state index in [-0.39, 0.29) is 34.8 Å². The number of halogens is 3. The minimum atomic E-state index is -4.46. The van der Waals surface area contributed by atoms with Crippen LogP contribution >= 0.6 is 11.8 Å². The lowest BCUT2D eigenvalue weighted by Gasteiger charge is -2.41. The molecule has 3 aliphatic carbocycles. The zero-order valence-electron chi connectivity index (χ0n) is 21.1. The molecule has 0 aliphatic heterocycles. The summed E-state index contributed by atoms with van der Waals surface area (Å²) in [7, 11) is 1.71. The first-order valence-corrected chi connectivity index (χ1v) is 14.0.